The maximum Gasteiger partial charge on any atom is 0.265 e. The lowest BCUT2D eigenvalue weighted by molar-refractivity contribution is -0.121. The minimum Gasteiger partial charge on any atom is -0.504 e. The van der Waals surface area contributed by atoms with Crippen LogP contribution in [0, 0.1) is 0 Å². The molecule has 0 unspecified atom stereocenters. The van der Waals surface area contributed by atoms with Crippen molar-refractivity contribution in [3.63, 3.8) is 0 Å². The van der Waals surface area contributed by atoms with Crippen molar-refractivity contribution in [1.82, 2.24) is 4.90 Å². The topological polar surface area (TPSA) is 49.8 Å². The Labute approximate surface area is 142 Å². The average Bonchev–Trinajstić information content (AvgIpc) is 2.66. The third-order valence-corrected chi connectivity index (χ3v) is 6.17. The highest BCUT2D eigenvalue weighted by Crippen LogP contribution is 2.43. The first-order valence-electron chi connectivity index (χ1n) is 5.33. The van der Waals surface area contributed by atoms with E-state index in [4.69, 9.17) is 17.0 Å². The summed E-state index contributed by atoms with van der Waals surface area (Å²) in [6, 6.07) is 1.64. The van der Waals surface area contributed by atoms with Gasteiger partial charge >= 0.3 is 0 Å². The number of thiocarbonyl (C=S) groups is 1. The lowest BCUT2D eigenvalue weighted by Crippen LogP contribution is -2.22. The number of phenolic OH excluding ortho intramolecular Hbond substituents is 1. The van der Waals surface area contributed by atoms with Gasteiger partial charge in [-0.2, -0.15) is 0 Å². The number of hydrogen-bond acceptors (Lipinski definition) is 5. The lowest BCUT2D eigenvalue weighted by Gasteiger charge is -2.10. The summed E-state index contributed by atoms with van der Waals surface area (Å²) in [5.41, 5.74) is 0.463. The number of phenols is 1. The Bertz CT molecular complexity index is 646. The van der Waals surface area contributed by atoms with Crippen LogP contribution in [0.15, 0.2) is 19.9 Å². The van der Waals surface area contributed by atoms with Gasteiger partial charge in [0, 0.05) is 21.6 Å². The Morgan fingerprint density at radius 2 is 2.15 bits per heavy atom. The number of rotatable bonds is 2. The molecule has 1 saturated heterocycles. The standard InChI is InChI=1S/C12H9Br2NO3S2/c1-15-11(17)8(20-12(15)19)3-5-9(14)6(13)4-7(18-2)10(5)16/h3-4,16H,1-2H3/b8-3-. The van der Waals surface area contributed by atoms with E-state index in [1.807, 2.05) is 0 Å². The van der Waals surface area contributed by atoms with Crippen LogP contribution in [-0.4, -0.2) is 34.4 Å². The summed E-state index contributed by atoms with van der Waals surface area (Å²) in [4.78, 5) is 13.8. The SMILES string of the molecule is COc1cc(Br)c(Br)c(/C=C2\SC(=S)N(C)C2=O)c1O. The van der Waals surface area contributed by atoms with Crippen molar-refractivity contribution >= 4 is 72.1 Å². The van der Waals surface area contributed by atoms with Crippen molar-refractivity contribution in [1.29, 1.82) is 0 Å². The predicted octanol–water partition coefficient (Wildman–Crippen LogP) is 3.76. The summed E-state index contributed by atoms with van der Waals surface area (Å²) in [5, 5.41) is 10.2. The van der Waals surface area contributed by atoms with Crippen molar-refractivity contribution in [3.8, 4) is 11.5 Å². The molecule has 1 aliphatic rings. The second kappa shape index (κ2) is 6.05. The maximum absolute atomic E-state index is 12.0. The molecule has 4 nitrogen and oxygen atoms in total. The highest BCUT2D eigenvalue weighted by Gasteiger charge is 2.29. The number of thioether (sulfide) groups is 1. The third-order valence-electron chi connectivity index (χ3n) is 2.67. The number of halogens is 2. The van der Waals surface area contributed by atoms with E-state index in [0.29, 0.717) is 29.5 Å². The number of benzene rings is 1. The Balaban J connectivity index is 2.57. The first-order valence-corrected chi connectivity index (χ1v) is 8.14. The molecule has 1 aliphatic heterocycles. The fourth-order valence-corrected chi connectivity index (χ4v) is 3.58. The van der Waals surface area contributed by atoms with E-state index < -0.39 is 0 Å². The van der Waals surface area contributed by atoms with Crippen LogP contribution in [0.2, 0.25) is 0 Å². The number of carbonyl (C=O) groups is 1. The predicted molar refractivity (Wildman–Crippen MR) is 91.0 cm³/mol. The molecular weight excluding hydrogens is 430 g/mol. The minimum atomic E-state index is -0.190. The van der Waals surface area contributed by atoms with Gasteiger partial charge in [-0.15, -0.1) is 0 Å². The number of likely N-dealkylation sites (N-methyl/N-ethyl adjacent to an activating group) is 1. The first kappa shape index (κ1) is 15.8. The Kier molecular flexibility index (Phi) is 4.78. The fraction of sp³-hybridized carbons (Fsp3) is 0.167. The molecule has 0 spiro atoms. The van der Waals surface area contributed by atoms with Gasteiger partial charge in [0.05, 0.1) is 12.0 Å². The molecule has 1 fully saturated rings. The van der Waals surface area contributed by atoms with Crippen LogP contribution < -0.4 is 4.74 Å². The molecule has 0 bridgehead atoms. The van der Waals surface area contributed by atoms with Crippen molar-refractivity contribution in [3.05, 3.63) is 25.5 Å². The lowest BCUT2D eigenvalue weighted by atomic mass is 10.1. The van der Waals surface area contributed by atoms with E-state index in [1.54, 1.807) is 19.2 Å². The molecule has 1 amide bonds. The van der Waals surface area contributed by atoms with Crippen molar-refractivity contribution in [2.24, 2.45) is 0 Å². The Hall–Kier alpha value is -0.570. The maximum atomic E-state index is 12.0. The monoisotopic (exact) mass is 437 g/mol. The number of hydrogen-bond donors (Lipinski definition) is 1. The molecule has 0 aromatic heterocycles. The quantitative estimate of drug-likeness (QED) is 0.562. The van der Waals surface area contributed by atoms with Crippen molar-refractivity contribution in [2.75, 3.05) is 14.2 Å². The van der Waals surface area contributed by atoms with E-state index in [9.17, 15) is 9.90 Å². The fourth-order valence-electron chi connectivity index (χ4n) is 1.58. The second-order valence-corrected chi connectivity index (χ2v) is 7.20. The number of ether oxygens (including phenoxy) is 1. The first-order chi connectivity index (χ1) is 9.36. The zero-order valence-corrected chi connectivity index (χ0v) is 15.2. The van der Waals surface area contributed by atoms with Gasteiger partial charge in [0.15, 0.2) is 11.5 Å². The molecule has 1 aromatic carbocycles. The largest absolute Gasteiger partial charge is 0.504 e. The third kappa shape index (κ3) is 2.74. The molecule has 20 heavy (non-hydrogen) atoms. The highest BCUT2D eigenvalue weighted by atomic mass is 79.9. The van der Waals surface area contributed by atoms with Gasteiger partial charge in [0.2, 0.25) is 0 Å². The van der Waals surface area contributed by atoms with E-state index in [0.717, 1.165) is 0 Å². The van der Waals surface area contributed by atoms with Crippen LogP contribution in [-0.2, 0) is 4.79 Å². The van der Waals surface area contributed by atoms with E-state index in [-0.39, 0.29) is 11.7 Å². The van der Waals surface area contributed by atoms with Crippen LogP contribution >= 0.6 is 55.8 Å². The number of methoxy groups -OCH3 is 1. The van der Waals surface area contributed by atoms with Gasteiger partial charge in [-0.1, -0.05) is 24.0 Å². The normalized spacial score (nSPS) is 17.2. The number of aromatic hydroxyl groups is 1. The summed E-state index contributed by atoms with van der Waals surface area (Å²) in [6.07, 6.45) is 1.59. The van der Waals surface area contributed by atoms with E-state index in [2.05, 4.69) is 31.9 Å². The van der Waals surface area contributed by atoms with Gasteiger partial charge < -0.3 is 9.84 Å². The van der Waals surface area contributed by atoms with E-state index >= 15 is 0 Å². The van der Waals surface area contributed by atoms with Gasteiger partial charge in [-0.25, -0.2) is 0 Å². The van der Waals surface area contributed by atoms with Crippen LogP contribution in [0.25, 0.3) is 6.08 Å². The summed E-state index contributed by atoms with van der Waals surface area (Å²) < 4.78 is 6.93. The molecule has 1 heterocycles. The Morgan fingerprint density at radius 3 is 2.65 bits per heavy atom. The minimum absolute atomic E-state index is 0.0380. The zero-order chi connectivity index (χ0) is 15.0. The second-order valence-electron chi connectivity index (χ2n) is 3.88. The van der Waals surface area contributed by atoms with Gasteiger partial charge in [-0.3, -0.25) is 9.69 Å². The van der Waals surface area contributed by atoms with Gasteiger partial charge in [0.25, 0.3) is 5.91 Å². The molecule has 0 aliphatic carbocycles. The molecule has 8 heteroatoms. The van der Waals surface area contributed by atoms with Crippen LogP contribution in [0.4, 0.5) is 0 Å². The zero-order valence-electron chi connectivity index (χ0n) is 10.4. The highest BCUT2D eigenvalue weighted by molar-refractivity contribution is 9.13. The van der Waals surface area contributed by atoms with Crippen molar-refractivity contribution in [2.45, 2.75) is 0 Å². The number of amides is 1. The van der Waals surface area contributed by atoms with Gasteiger partial charge in [-0.05, 0) is 44.0 Å². The molecule has 2 rings (SSSR count). The van der Waals surface area contributed by atoms with E-state index in [1.165, 1.54) is 23.8 Å². The summed E-state index contributed by atoms with van der Waals surface area (Å²) in [7, 11) is 3.08. The molecule has 0 atom stereocenters. The molecule has 106 valence electrons. The van der Waals surface area contributed by atoms with Crippen LogP contribution in [0.5, 0.6) is 11.5 Å². The van der Waals surface area contributed by atoms with Crippen LogP contribution in [0.1, 0.15) is 5.56 Å². The molecule has 1 aromatic rings. The number of carbonyl (C=O) groups excluding carboxylic acids is 1. The molecule has 0 saturated carbocycles. The van der Waals surface area contributed by atoms with Crippen LogP contribution in [0.3, 0.4) is 0 Å². The number of nitrogens with zero attached hydrogens (tertiary/aromatic N) is 1. The summed E-state index contributed by atoms with van der Waals surface area (Å²) >= 11 is 13.0. The molecule has 1 N–H and O–H groups in total. The Morgan fingerprint density at radius 1 is 1.50 bits per heavy atom. The summed E-state index contributed by atoms with van der Waals surface area (Å²) in [5.74, 6) is 0.0903. The average molecular weight is 439 g/mol. The smallest absolute Gasteiger partial charge is 0.265 e. The molecule has 0 radical (unpaired) electrons. The molecular formula is C12H9Br2NO3S2. The van der Waals surface area contributed by atoms with Crippen molar-refractivity contribution < 1.29 is 14.6 Å². The summed E-state index contributed by atoms with van der Waals surface area (Å²) in [6.45, 7) is 0. The van der Waals surface area contributed by atoms with Gasteiger partial charge in [0.1, 0.15) is 4.32 Å².